The van der Waals surface area contributed by atoms with Crippen molar-refractivity contribution in [1.82, 2.24) is 0 Å². The molecule has 1 aliphatic rings. The van der Waals surface area contributed by atoms with Gasteiger partial charge in [0.2, 0.25) is 0 Å². The molecule has 118 valence electrons. The van der Waals surface area contributed by atoms with Gasteiger partial charge in [-0.3, -0.25) is 4.79 Å². The fraction of sp³-hybridized carbons (Fsp3) is 0.941. The van der Waals surface area contributed by atoms with Crippen LogP contribution in [-0.2, 0) is 4.79 Å². The molecule has 0 radical (unpaired) electrons. The van der Waals surface area contributed by atoms with Gasteiger partial charge in [-0.2, -0.15) is 0 Å². The molecule has 1 rings (SSSR count). The summed E-state index contributed by atoms with van der Waals surface area (Å²) >= 11 is 0. The molecule has 1 saturated carbocycles. The standard InChI is InChI=1S/C17H32O3/c1-2-3-4-5-6-7-8-9-10-11-14-12-15(18)17(20)16(19)13-14/h14-15,17-18,20H,2-13H2,1H3/t14-,15+,17-/m0/s1. The van der Waals surface area contributed by atoms with Crippen molar-refractivity contribution < 1.29 is 15.0 Å². The number of carbonyl (C=O) groups is 1. The molecule has 0 aliphatic heterocycles. The first kappa shape index (κ1) is 17.6. The van der Waals surface area contributed by atoms with E-state index >= 15 is 0 Å². The van der Waals surface area contributed by atoms with Gasteiger partial charge < -0.3 is 10.2 Å². The van der Waals surface area contributed by atoms with Gasteiger partial charge in [0.05, 0.1) is 6.10 Å². The lowest BCUT2D eigenvalue weighted by Crippen LogP contribution is -2.41. The molecule has 0 unspecified atom stereocenters. The molecular formula is C17H32O3. The van der Waals surface area contributed by atoms with Crippen LogP contribution in [0.2, 0.25) is 0 Å². The van der Waals surface area contributed by atoms with Gasteiger partial charge in [-0.05, 0) is 18.8 Å². The number of carbonyl (C=O) groups excluding carboxylic acids is 1. The first-order valence-electron chi connectivity index (χ1n) is 8.54. The van der Waals surface area contributed by atoms with Crippen molar-refractivity contribution in [2.75, 3.05) is 0 Å². The fourth-order valence-corrected chi connectivity index (χ4v) is 3.14. The predicted molar refractivity (Wildman–Crippen MR) is 81.6 cm³/mol. The average Bonchev–Trinajstić information content (AvgIpc) is 2.43. The van der Waals surface area contributed by atoms with E-state index < -0.39 is 12.2 Å². The van der Waals surface area contributed by atoms with Crippen molar-refractivity contribution in [3.05, 3.63) is 0 Å². The van der Waals surface area contributed by atoms with Crippen molar-refractivity contribution >= 4 is 5.78 Å². The Morgan fingerprint density at radius 3 is 2.05 bits per heavy atom. The van der Waals surface area contributed by atoms with Crippen LogP contribution in [0, 0.1) is 5.92 Å². The van der Waals surface area contributed by atoms with Gasteiger partial charge in [0, 0.05) is 6.42 Å². The van der Waals surface area contributed by atoms with E-state index in [-0.39, 0.29) is 11.7 Å². The first-order chi connectivity index (χ1) is 9.65. The maximum atomic E-state index is 11.5. The van der Waals surface area contributed by atoms with Gasteiger partial charge in [0.25, 0.3) is 0 Å². The van der Waals surface area contributed by atoms with Crippen LogP contribution in [0.15, 0.2) is 0 Å². The summed E-state index contributed by atoms with van der Waals surface area (Å²) in [6.45, 7) is 2.24. The zero-order chi connectivity index (χ0) is 14.8. The number of aliphatic hydroxyl groups is 2. The summed E-state index contributed by atoms with van der Waals surface area (Å²) in [7, 11) is 0. The summed E-state index contributed by atoms with van der Waals surface area (Å²) in [4.78, 5) is 11.5. The maximum Gasteiger partial charge on any atom is 0.164 e. The van der Waals surface area contributed by atoms with E-state index in [0.717, 1.165) is 12.8 Å². The average molecular weight is 284 g/mol. The summed E-state index contributed by atoms with van der Waals surface area (Å²) in [5.74, 6) is 0.107. The largest absolute Gasteiger partial charge is 0.390 e. The topological polar surface area (TPSA) is 57.5 Å². The van der Waals surface area contributed by atoms with Gasteiger partial charge in [0.15, 0.2) is 5.78 Å². The second kappa shape index (κ2) is 10.3. The normalized spacial score (nSPS) is 26.9. The Morgan fingerprint density at radius 1 is 0.950 bits per heavy atom. The van der Waals surface area contributed by atoms with Crippen molar-refractivity contribution in [2.45, 2.75) is 96.2 Å². The smallest absolute Gasteiger partial charge is 0.164 e. The van der Waals surface area contributed by atoms with Crippen LogP contribution in [0.3, 0.4) is 0 Å². The van der Waals surface area contributed by atoms with Crippen LogP contribution in [0.1, 0.15) is 84.0 Å². The number of Topliss-reactive ketones (excluding diaryl/α,β-unsaturated/α-hetero) is 1. The highest BCUT2D eigenvalue weighted by atomic mass is 16.3. The summed E-state index contributed by atoms with van der Waals surface area (Å²) in [5, 5.41) is 19.0. The van der Waals surface area contributed by atoms with Crippen LogP contribution in [0.4, 0.5) is 0 Å². The van der Waals surface area contributed by atoms with Crippen LogP contribution in [0.5, 0.6) is 0 Å². The Balaban J connectivity index is 1.95. The van der Waals surface area contributed by atoms with Crippen molar-refractivity contribution in [3.8, 4) is 0 Å². The summed E-state index contributed by atoms with van der Waals surface area (Å²) in [6.07, 6.45) is 11.9. The molecule has 1 aliphatic carbocycles. The minimum absolute atomic E-state index is 0.176. The number of hydrogen-bond donors (Lipinski definition) is 2. The van der Waals surface area contributed by atoms with E-state index in [4.69, 9.17) is 0 Å². The second-order valence-corrected chi connectivity index (χ2v) is 6.40. The Labute approximate surface area is 123 Å². The SMILES string of the molecule is CCCCCCCCCCC[C@@H]1CC(=O)[C@@H](O)[C@H](O)C1. The highest BCUT2D eigenvalue weighted by Gasteiger charge is 2.33. The lowest BCUT2D eigenvalue weighted by atomic mass is 9.81. The Bertz CT molecular complexity index is 265. The number of ketones is 1. The second-order valence-electron chi connectivity index (χ2n) is 6.40. The molecule has 0 heterocycles. The van der Waals surface area contributed by atoms with Gasteiger partial charge in [0.1, 0.15) is 6.10 Å². The van der Waals surface area contributed by atoms with Crippen LogP contribution >= 0.6 is 0 Å². The first-order valence-corrected chi connectivity index (χ1v) is 8.54. The number of rotatable bonds is 10. The van der Waals surface area contributed by atoms with E-state index in [1.165, 1.54) is 51.4 Å². The minimum atomic E-state index is -1.13. The van der Waals surface area contributed by atoms with E-state index in [1.54, 1.807) is 0 Å². The monoisotopic (exact) mass is 284 g/mol. The molecule has 0 saturated heterocycles. The summed E-state index contributed by atoms with van der Waals surface area (Å²) in [5.41, 5.74) is 0. The van der Waals surface area contributed by atoms with Gasteiger partial charge in [-0.25, -0.2) is 0 Å². The van der Waals surface area contributed by atoms with Crippen molar-refractivity contribution in [2.24, 2.45) is 5.92 Å². The molecular weight excluding hydrogens is 252 g/mol. The van der Waals surface area contributed by atoms with Crippen LogP contribution in [0.25, 0.3) is 0 Å². The van der Waals surface area contributed by atoms with E-state index in [1.807, 2.05) is 0 Å². The van der Waals surface area contributed by atoms with E-state index in [2.05, 4.69) is 6.92 Å². The molecule has 3 atom stereocenters. The van der Waals surface area contributed by atoms with Gasteiger partial charge in [-0.15, -0.1) is 0 Å². The Hall–Kier alpha value is -0.410. The molecule has 0 amide bonds. The predicted octanol–water partition coefficient (Wildman–Crippen LogP) is 3.61. The molecule has 0 aromatic carbocycles. The number of aliphatic hydroxyl groups excluding tert-OH is 2. The van der Waals surface area contributed by atoms with Crippen LogP contribution < -0.4 is 0 Å². The van der Waals surface area contributed by atoms with E-state index in [0.29, 0.717) is 12.8 Å². The third-order valence-corrected chi connectivity index (χ3v) is 4.47. The number of unbranched alkanes of at least 4 members (excludes halogenated alkanes) is 8. The Kier molecular flexibility index (Phi) is 9.12. The molecule has 0 bridgehead atoms. The Morgan fingerprint density at radius 2 is 1.50 bits per heavy atom. The molecule has 20 heavy (non-hydrogen) atoms. The molecule has 2 N–H and O–H groups in total. The molecule has 3 nitrogen and oxygen atoms in total. The van der Waals surface area contributed by atoms with Gasteiger partial charge >= 0.3 is 0 Å². The summed E-state index contributed by atoms with van der Waals surface area (Å²) in [6, 6.07) is 0. The minimum Gasteiger partial charge on any atom is -0.390 e. The zero-order valence-corrected chi connectivity index (χ0v) is 13.0. The summed E-state index contributed by atoms with van der Waals surface area (Å²) < 4.78 is 0. The molecule has 0 aromatic heterocycles. The number of hydrogen-bond acceptors (Lipinski definition) is 3. The lowest BCUT2D eigenvalue weighted by Gasteiger charge is -2.28. The van der Waals surface area contributed by atoms with Crippen molar-refractivity contribution in [1.29, 1.82) is 0 Å². The molecule has 3 heteroatoms. The third kappa shape index (κ3) is 6.85. The third-order valence-electron chi connectivity index (χ3n) is 4.47. The zero-order valence-electron chi connectivity index (χ0n) is 13.0. The van der Waals surface area contributed by atoms with E-state index in [9.17, 15) is 15.0 Å². The van der Waals surface area contributed by atoms with Crippen LogP contribution in [-0.4, -0.2) is 28.2 Å². The quantitative estimate of drug-likeness (QED) is 0.603. The fourth-order valence-electron chi connectivity index (χ4n) is 3.14. The molecule has 1 fully saturated rings. The molecule has 0 spiro atoms. The highest BCUT2D eigenvalue weighted by Crippen LogP contribution is 2.27. The lowest BCUT2D eigenvalue weighted by molar-refractivity contribution is -0.139. The molecule has 0 aromatic rings. The van der Waals surface area contributed by atoms with Crippen molar-refractivity contribution in [3.63, 3.8) is 0 Å². The highest BCUT2D eigenvalue weighted by molar-refractivity contribution is 5.84. The van der Waals surface area contributed by atoms with Gasteiger partial charge in [-0.1, -0.05) is 64.7 Å². The maximum absolute atomic E-state index is 11.5.